The first-order valence-electron chi connectivity index (χ1n) is 14.9. The normalized spacial score (nSPS) is 15.2. The number of rotatable bonds is 19. The molecule has 0 spiro atoms. The molecule has 0 bridgehead atoms. The largest absolute Gasteiger partial charge is 0.493 e. The highest BCUT2D eigenvalue weighted by Crippen LogP contribution is 2.38. The number of nitro groups is 1. The summed E-state index contributed by atoms with van der Waals surface area (Å²) in [5, 5.41) is 17.2. The molecule has 244 valence electrons. The SMILES string of the molecule is COc1cc(C(C)OC(=O)C(C)C)c([N+](=O)[O-])cc1OCCCC(=O)NCCNC(=O)CCCCCN1C(=O)CC(C)C1=O. The quantitative estimate of drug-likeness (QED) is 0.0765. The van der Waals surface area contributed by atoms with E-state index in [1.54, 1.807) is 27.7 Å². The third-order valence-corrected chi connectivity index (χ3v) is 7.04. The molecule has 1 aliphatic heterocycles. The first kappa shape index (κ1) is 36.0. The number of carbonyl (C=O) groups is 5. The second-order valence-corrected chi connectivity index (χ2v) is 11.0. The molecule has 2 unspecified atom stereocenters. The summed E-state index contributed by atoms with van der Waals surface area (Å²) >= 11 is 0. The van der Waals surface area contributed by atoms with Crippen molar-refractivity contribution in [3.8, 4) is 11.5 Å². The van der Waals surface area contributed by atoms with E-state index in [1.165, 1.54) is 24.1 Å². The van der Waals surface area contributed by atoms with E-state index < -0.39 is 22.9 Å². The van der Waals surface area contributed by atoms with Crippen LogP contribution in [0.2, 0.25) is 0 Å². The average Bonchev–Trinajstić information content (AvgIpc) is 3.22. The van der Waals surface area contributed by atoms with Crippen molar-refractivity contribution in [3.63, 3.8) is 0 Å². The molecule has 1 aliphatic rings. The van der Waals surface area contributed by atoms with E-state index in [1.807, 2.05) is 0 Å². The zero-order valence-electron chi connectivity index (χ0n) is 26.1. The molecule has 1 aromatic carbocycles. The maximum Gasteiger partial charge on any atom is 0.308 e. The average molecular weight is 621 g/mol. The van der Waals surface area contributed by atoms with Crippen molar-refractivity contribution in [1.82, 2.24) is 15.5 Å². The van der Waals surface area contributed by atoms with Crippen LogP contribution < -0.4 is 20.1 Å². The van der Waals surface area contributed by atoms with Crippen molar-refractivity contribution in [2.45, 2.75) is 78.7 Å². The molecule has 0 saturated carbocycles. The number of benzene rings is 1. The lowest BCUT2D eigenvalue weighted by Gasteiger charge is -2.18. The summed E-state index contributed by atoms with van der Waals surface area (Å²) in [5.74, 6) is -1.42. The van der Waals surface area contributed by atoms with Crippen molar-refractivity contribution in [3.05, 3.63) is 27.8 Å². The number of unbranched alkanes of at least 4 members (excludes halogenated alkanes) is 2. The zero-order valence-corrected chi connectivity index (χ0v) is 26.1. The number of carbonyl (C=O) groups excluding carboxylic acids is 5. The van der Waals surface area contributed by atoms with Crippen LogP contribution in [0.1, 0.15) is 84.3 Å². The molecule has 1 saturated heterocycles. The van der Waals surface area contributed by atoms with Gasteiger partial charge in [-0.2, -0.15) is 0 Å². The minimum absolute atomic E-state index is 0.0913. The topological polar surface area (TPSA) is 183 Å². The molecule has 0 aliphatic carbocycles. The summed E-state index contributed by atoms with van der Waals surface area (Å²) in [5.41, 5.74) is -0.114. The van der Waals surface area contributed by atoms with Gasteiger partial charge in [0.1, 0.15) is 6.10 Å². The molecule has 4 amide bonds. The van der Waals surface area contributed by atoms with Gasteiger partial charge in [-0.1, -0.05) is 27.2 Å². The van der Waals surface area contributed by atoms with Crippen LogP contribution in [-0.4, -0.2) is 72.8 Å². The third-order valence-electron chi connectivity index (χ3n) is 7.04. The number of imide groups is 1. The van der Waals surface area contributed by atoms with Crippen LogP contribution in [0.25, 0.3) is 0 Å². The van der Waals surface area contributed by atoms with Gasteiger partial charge in [0.2, 0.25) is 23.6 Å². The highest BCUT2D eigenvalue weighted by Gasteiger charge is 2.34. The second-order valence-electron chi connectivity index (χ2n) is 11.0. The Hall–Kier alpha value is -4.23. The van der Waals surface area contributed by atoms with E-state index >= 15 is 0 Å². The van der Waals surface area contributed by atoms with Gasteiger partial charge in [-0.3, -0.25) is 39.0 Å². The predicted octanol–water partition coefficient (Wildman–Crippen LogP) is 3.21. The number of amides is 4. The lowest BCUT2D eigenvalue weighted by molar-refractivity contribution is -0.386. The van der Waals surface area contributed by atoms with E-state index in [2.05, 4.69) is 10.6 Å². The standard InChI is InChI=1S/C30H44N4O10/c1-19(2)30(39)44-21(4)22-17-24(42-5)25(18-23(22)34(40)41)43-15-9-11-27(36)32-13-12-31-26(35)10-7-6-8-14-33-28(37)16-20(3)29(33)38/h17-21H,6-16H2,1-5H3,(H,31,35)(H,32,36). The van der Waals surface area contributed by atoms with Crippen molar-refractivity contribution < 1.29 is 43.1 Å². The van der Waals surface area contributed by atoms with Gasteiger partial charge in [-0.25, -0.2) is 0 Å². The van der Waals surface area contributed by atoms with Gasteiger partial charge in [0.15, 0.2) is 11.5 Å². The molecule has 0 aromatic heterocycles. The number of nitrogens with zero attached hydrogens (tertiary/aromatic N) is 2. The van der Waals surface area contributed by atoms with Gasteiger partial charge in [-0.15, -0.1) is 0 Å². The molecular formula is C30H44N4O10. The summed E-state index contributed by atoms with van der Waals surface area (Å²) in [7, 11) is 1.39. The maximum atomic E-state index is 12.2. The number of methoxy groups -OCH3 is 1. The van der Waals surface area contributed by atoms with Crippen molar-refractivity contribution in [2.75, 3.05) is 33.4 Å². The molecule has 2 rings (SSSR count). The Morgan fingerprint density at radius 2 is 1.64 bits per heavy atom. The first-order chi connectivity index (χ1) is 20.8. The highest BCUT2D eigenvalue weighted by atomic mass is 16.6. The number of hydrogen-bond donors (Lipinski definition) is 2. The Kier molecular flexibility index (Phi) is 14.5. The van der Waals surface area contributed by atoms with E-state index in [4.69, 9.17) is 14.2 Å². The van der Waals surface area contributed by atoms with E-state index in [0.717, 1.165) is 0 Å². The Balaban J connectivity index is 1.66. The molecular weight excluding hydrogens is 576 g/mol. The van der Waals surface area contributed by atoms with Crippen LogP contribution in [0.5, 0.6) is 11.5 Å². The van der Waals surface area contributed by atoms with Crippen LogP contribution in [0.4, 0.5) is 5.69 Å². The summed E-state index contributed by atoms with van der Waals surface area (Å²) < 4.78 is 16.3. The van der Waals surface area contributed by atoms with E-state index in [0.29, 0.717) is 38.6 Å². The third kappa shape index (κ3) is 11.1. The summed E-state index contributed by atoms with van der Waals surface area (Å²) in [4.78, 5) is 72.3. The number of esters is 1. The zero-order chi connectivity index (χ0) is 32.8. The first-order valence-corrected chi connectivity index (χ1v) is 14.9. The van der Waals surface area contributed by atoms with Crippen LogP contribution >= 0.6 is 0 Å². The fraction of sp³-hybridized carbons (Fsp3) is 0.633. The Labute approximate surface area is 257 Å². The fourth-order valence-corrected chi connectivity index (χ4v) is 4.51. The number of nitrogens with one attached hydrogen (secondary N) is 2. The summed E-state index contributed by atoms with van der Waals surface area (Å²) in [6.07, 6.45) is 2.17. The Morgan fingerprint density at radius 1 is 1.00 bits per heavy atom. The maximum absolute atomic E-state index is 12.2. The van der Waals surface area contributed by atoms with Gasteiger partial charge in [-0.05, 0) is 32.3 Å². The monoisotopic (exact) mass is 620 g/mol. The Morgan fingerprint density at radius 3 is 2.18 bits per heavy atom. The molecule has 14 heteroatoms. The molecule has 1 aromatic rings. The van der Waals surface area contributed by atoms with Crippen LogP contribution in [0, 0.1) is 22.0 Å². The minimum atomic E-state index is -0.878. The molecule has 2 atom stereocenters. The number of ether oxygens (including phenoxy) is 3. The Bertz CT molecular complexity index is 1200. The number of hydrogen-bond acceptors (Lipinski definition) is 10. The van der Waals surface area contributed by atoms with Gasteiger partial charge in [0.25, 0.3) is 5.69 Å². The van der Waals surface area contributed by atoms with Crippen LogP contribution in [0.3, 0.4) is 0 Å². The number of likely N-dealkylation sites (tertiary alicyclic amines) is 1. The van der Waals surface area contributed by atoms with Gasteiger partial charge in [0, 0.05) is 44.8 Å². The minimum Gasteiger partial charge on any atom is -0.493 e. The fourth-order valence-electron chi connectivity index (χ4n) is 4.51. The summed E-state index contributed by atoms with van der Waals surface area (Å²) in [6, 6.07) is 2.62. The second kappa shape index (κ2) is 17.8. The van der Waals surface area contributed by atoms with Crippen LogP contribution in [0.15, 0.2) is 12.1 Å². The van der Waals surface area contributed by atoms with Crippen LogP contribution in [-0.2, 0) is 28.7 Å². The lowest BCUT2D eigenvalue weighted by Crippen LogP contribution is -2.34. The van der Waals surface area contributed by atoms with Crippen molar-refractivity contribution in [2.24, 2.45) is 11.8 Å². The van der Waals surface area contributed by atoms with Gasteiger partial charge < -0.3 is 24.8 Å². The summed E-state index contributed by atoms with van der Waals surface area (Å²) in [6.45, 7) is 7.62. The smallest absolute Gasteiger partial charge is 0.308 e. The van der Waals surface area contributed by atoms with Gasteiger partial charge >= 0.3 is 5.97 Å². The highest BCUT2D eigenvalue weighted by molar-refractivity contribution is 6.03. The molecule has 14 nitrogen and oxygen atoms in total. The van der Waals surface area contributed by atoms with Gasteiger partial charge in [0.05, 0.1) is 36.2 Å². The van der Waals surface area contributed by atoms with E-state index in [-0.39, 0.29) is 84.8 Å². The number of nitro benzene ring substituents is 1. The van der Waals surface area contributed by atoms with E-state index in [9.17, 15) is 34.1 Å². The molecule has 1 heterocycles. The van der Waals surface area contributed by atoms with Crippen molar-refractivity contribution >= 4 is 35.3 Å². The predicted molar refractivity (Wildman–Crippen MR) is 159 cm³/mol. The lowest BCUT2D eigenvalue weighted by atomic mass is 10.1. The molecule has 44 heavy (non-hydrogen) atoms. The molecule has 0 radical (unpaired) electrons. The molecule has 2 N–H and O–H groups in total. The van der Waals surface area contributed by atoms with Crippen molar-refractivity contribution in [1.29, 1.82) is 0 Å². The molecule has 1 fully saturated rings.